The molecule has 0 aromatic heterocycles. The Morgan fingerprint density at radius 3 is 1.38 bits per heavy atom. The third kappa shape index (κ3) is 8.33. The SMILES string of the molecule is c1ccc(COC[C@H]2OC[C@H](OCc3ccccc3)[C@@H](OCc3ccccc3)[C@H]2OCc2ccccc2)cc1. The molecule has 0 radical (unpaired) electrons. The topological polar surface area (TPSA) is 46.2 Å². The van der Waals surface area contributed by atoms with Crippen LogP contribution in [0.1, 0.15) is 22.3 Å². The second kappa shape index (κ2) is 14.7. The molecule has 39 heavy (non-hydrogen) atoms. The minimum Gasteiger partial charge on any atom is -0.374 e. The predicted octanol–water partition coefficient (Wildman–Crippen LogP) is 6.36. The van der Waals surface area contributed by atoms with Gasteiger partial charge < -0.3 is 23.7 Å². The van der Waals surface area contributed by atoms with Gasteiger partial charge in [0.25, 0.3) is 0 Å². The standard InChI is InChI=1S/C34H36O5/c1-5-13-27(14-6-1)21-35-25-31-33(38-23-29-17-9-3-10-18-29)34(39-24-30-19-11-4-12-20-30)32(26-37-31)36-22-28-15-7-2-8-16-28/h1-20,31-34H,21-26H2/t31-,32+,33+,34-/m1/s1. The summed E-state index contributed by atoms with van der Waals surface area (Å²) in [5.41, 5.74) is 4.42. The van der Waals surface area contributed by atoms with Gasteiger partial charge in [0.15, 0.2) is 0 Å². The number of hydrogen-bond donors (Lipinski definition) is 0. The summed E-state index contributed by atoms with van der Waals surface area (Å²) in [7, 11) is 0. The van der Waals surface area contributed by atoms with Gasteiger partial charge in [-0.15, -0.1) is 0 Å². The lowest BCUT2D eigenvalue weighted by molar-refractivity contribution is -0.246. The van der Waals surface area contributed by atoms with Crippen molar-refractivity contribution in [3.8, 4) is 0 Å². The molecule has 5 heteroatoms. The average Bonchev–Trinajstić information content (AvgIpc) is 3.00. The molecule has 5 rings (SSSR count). The van der Waals surface area contributed by atoms with Crippen LogP contribution >= 0.6 is 0 Å². The molecule has 5 nitrogen and oxygen atoms in total. The zero-order valence-electron chi connectivity index (χ0n) is 22.1. The predicted molar refractivity (Wildman–Crippen MR) is 151 cm³/mol. The first-order chi connectivity index (χ1) is 19.3. The van der Waals surface area contributed by atoms with Crippen molar-refractivity contribution >= 4 is 0 Å². The third-order valence-corrected chi connectivity index (χ3v) is 6.80. The van der Waals surface area contributed by atoms with Crippen molar-refractivity contribution in [2.45, 2.75) is 50.8 Å². The number of rotatable bonds is 13. The van der Waals surface area contributed by atoms with Gasteiger partial charge in [0.05, 0.1) is 39.6 Å². The van der Waals surface area contributed by atoms with E-state index in [0.717, 1.165) is 22.3 Å². The minimum absolute atomic E-state index is 0.292. The average molecular weight is 525 g/mol. The molecule has 4 aromatic carbocycles. The van der Waals surface area contributed by atoms with Crippen LogP contribution in [0.2, 0.25) is 0 Å². The minimum atomic E-state index is -0.376. The molecule has 1 aliphatic heterocycles. The van der Waals surface area contributed by atoms with E-state index in [1.807, 2.05) is 72.8 Å². The monoisotopic (exact) mass is 524 g/mol. The van der Waals surface area contributed by atoms with Gasteiger partial charge in [0.2, 0.25) is 0 Å². The fourth-order valence-electron chi connectivity index (χ4n) is 4.70. The van der Waals surface area contributed by atoms with Crippen molar-refractivity contribution in [2.24, 2.45) is 0 Å². The summed E-state index contributed by atoms with van der Waals surface area (Å²) in [6.45, 7) is 2.68. The van der Waals surface area contributed by atoms with Crippen molar-refractivity contribution in [2.75, 3.05) is 13.2 Å². The zero-order valence-corrected chi connectivity index (χ0v) is 22.1. The van der Waals surface area contributed by atoms with E-state index in [0.29, 0.717) is 39.6 Å². The van der Waals surface area contributed by atoms with E-state index in [4.69, 9.17) is 23.7 Å². The van der Waals surface area contributed by atoms with Crippen molar-refractivity contribution < 1.29 is 23.7 Å². The maximum absolute atomic E-state index is 6.58. The number of benzene rings is 4. The van der Waals surface area contributed by atoms with Crippen LogP contribution in [-0.4, -0.2) is 37.6 Å². The number of ether oxygens (including phenoxy) is 5. The Morgan fingerprint density at radius 2 is 0.897 bits per heavy atom. The molecule has 0 aliphatic carbocycles. The summed E-state index contributed by atoms with van der Waals surface area (Å²) in [5, 5.41) is 0. The first-order valence-electron chi connectivity index (χ1n) is 13.5. The molecule has 0 N–H and O–H groups in total. The smallest absolute Gasteiger partial charge is 0.115 e. The second-order valence-electron chi connectivity index (χ2n) is 9.73. The molecule has 4 aromatic rings. The Hall–Kier alpha value is -3.32. The Bertz CT molecular complexity index is 1200. The van der Waals surface area contributed by atoms with Gasteiger partial charge in [0, 0.05) is 0 Å². The van der Waals surface area contributed by atoms with Gasteiger partial charge in [-0.2, -0.15) is 0 Å². The fourth-order valence-corrected chi connectivity index (χ4v) is 4.70. The van der Waals surface area contributed by atoms with E-state index in [9.17, 15) is 0 Å². The van der Waals surface area contributed by atoms with Crippen LogP contribution in [0.25, 0.3) is 0 Å². The quantitative estimate of drug-likeness (QED) is 0.204. The highest BCUT2D eigenvalue weighted by Crippen LogP contribution is 2.27. The van der Waals surface area contributed by atoms with Gasteiger partial charge in [0.1, 0.15) is 24.4 Å². The molecular weight excluding hydrogens is 488 g/mol. The molecule has 1 saturated heterocycles. The summed E-state index contributed by atoms with van der Waals surface area (Å²) in [5.74, 6) is 0. The largest absolute Gasteiger partial charge is 0.374 e. The van der Waals surface area contributed by atoms with E-state index in [1.165, 1.54) is 0 Å². The highest BCUT2D eigenvalue weighted by molar-refractivity contribution is 5.16. The lowest BCUT2D eigenvalue weighted by Crippen LogP contribution is -2.57. The maximum atomic E-state index is 6.58. The van der Waals surface area contributed by atoms with E-state index >= 15 is 0 Å². The first-order valence-corrected chi connectivity index (χ1v) is 13.5. The lowest BCUT2D eigenvalue weighted by atomic mass is 9.99. The molecule has 0 saturated carbocycles. The van der Waals surface area contributed by atoms with Crippen LogP contribution < -0.4 is 0 Å². The van der Waals surface area contributed by atoms with Crippen LogP contribution in [0, 0.1) is 0 Å². The molecule has 0 unspecified atom stereocenters. The third-order valence-electron chi connectivity index (χ3n) is 6.80. The van der Waals surface area contributed by atoms with E-state index in [1.54, 1.807) is 0 Å². The van der Waals surface area contributed by atoms with Gasteiger partial charge in [-0.25, -0.2) is 0 Å². The lowest BCUT2D eigenvalue weighted by Gasteiger charge is -2.42. The zero-order chi connectivity index (χ0) is 26.5. The highest BCUT2D eigenvalue weighted by Gasteiger charge is 2.43. The van der Waals surface area contributed by atoms with Crippen LogP contribution in [0.15, 0.2) is 121 Å². The molecule has 0 spiro atoms. The normalized spacial score (nSPS) is 21.0. The summed E-state index contributed by atoms with van der Waals surface area (Å²) in [6.07, 6.45) is -1.30. The first kappa shape index (κ1) is 27.3. The van der Waals surface area contributed by atoms with Gasteiger partial charge in [-0.3, -0.25) is 0 Å². The van der Waals surface area contributed by atoms with Gasteiger partial charge >= 0.3 is 0 Å². The summed E-state index contributed by atoms with van der Waals surface area (Å²) in [6, 6.07) is 40.7. The number of hydrogen-bond acceptors (Lipinski definition) is 5. The van der Waals surface area contributed by atoms with Crippen LogP contribution in [-0.2, 0) is 50.1 Å². The van der Waals surface area contributed by atoms with E-state index < -0.39 is 0 Å². The van der Waals surface area contributed by atoms with Crippen LogP contribution in [0.3, 0.4) is 0 Å². The summed E-state index contributed by atoms with van der Waals surface area (Å²) in [4.78, 5) is 0. The molecule has 1 heterocycles. The molecule has 202 valence electrons. The van der Waals surface area contributed by atoms with Gasteiger partial charge in [-0.1, -0.05) is 121 Å². The Kier molecular flexibility index (Phi) is 10.3. The van der Waals surface area contributed by atoms with Crippen LogP contribution in [0.5, 0.6) is 0 Å². The van der Waals surface area contributed by atoms with Crippen molar-refractivity contribution in [3.05, 3.63) is 144 Å². The Labute approximate surface area is 231 Å². The summed E-state index contributed by atoms with van der Waals surface area (Å²) < 4.78 is 32.0. The van der Waals surface area contributed by atoms with Gasteiger partial charge in [-0.05, 0) is 22.3 Å². The molecule has 0 amide bonds. The summed E-state index contributed by atoms with van der Waals surface area (Å²) >= 11 is 0. The second-order valence-corrected chi connectivity index (χ2v) is 9.73. The van der Waals surface area contributed by atoms with Crippen molar-refractivity contribution in [3.63, 3.8) is 0 Å². The maximum Gasteiger partial charge on any atom is 0.115 e. The highest BCUT2D eigenvalue weighted by atomic mass is 16.6. The van der Waals surface area contributed by atoms with Crippen molar-refractivity contribution in [1.29, 1.82) is 0 Å². The Morgan fingerprint density at radius 1 is 0.487 bits per heavy atom. The Balaban J connectivity index is 1.32. The molecule has 4 atom stereocenters. The van der Waals surface area contributed by atoms with Crippen molar-refractivity contribution in [1.82, 2.24) is 0 Å². The van der Waals surface area contributed by atoms with E-state index in [2.05, 4.69) is 48.5 Å². The molecule has 1 aliphatic rings. The molecule has 0 bridgehead atoms. The van der Waals surface area contributed by atoms with Crippen LogP contribution in [0.4, 0.5) is 0 Å². The molecular formula is C34H36O5. The fraction of sp³-hybridized carbons (Fsp3) is 0.294. The molecule has 1 fully saturated rings. The van der Waals surface area contributed by atoms with E-state index in [-0.39, 0.29) is 24.4 Å².